The lowest BCUT2D eigenvalue weighted by Crippen LogP contribution is -2.11. The van der Waals surface area contributed by atoms with E-state index in [9.17, 15) is 0 Å². The van der Waals surface area contributed by atoms with Gasteiger partial charge in [-0.3, -0.25) is 0 Å². The first-order chi connectivity index (χ1) is 28.7. The summed E-state index contributed by atoms with van der Waals surface area (Å²) in [5, 5.41) is 6.76. The van der Waals surface area contributed by atoms with E-state index >= 15 is 0 Å². The minimum atomic E-state index is 0.844. The van der Waals surface area contributed by atoms with Gasteiger partial charge in [0.1, 0.15) is 22.3 Å². The topological polar surface area (TPSA) is 29.5 Å². The lowest BCUT2D eigenvalue weighted by atomic mass is 9.97. The van der Waals surface area contributed by atoms with Gasteiger partial charge in [0, 0.05) is 53.6 Å². The van der Waals surface area contributed by atoms with Gasteiger partial charge in [0.25, 0.3) is 0 Å². The van der Waals surface area contributed by atoms with Crippen molar-refractivity contribution in [2.75, 3.05) is 4.90 Å². The monoisotopic (exact) mass is 759 g/mol. The smallest absolute Gasteiger partial charge is 0.145 e. The zero-order valence-electron chi connectivity index (χ0n) is 31.2. The molecule has 0 aliphatic heterocycles. The predicted molar refractivity (Wildman–Crippen MR) is 245 cm³/mol. The molecule has 0 N–H and O–H groups in total. The first-order valence-corrected chi connectivity index (χ1v) is 20.4. The molecule has 272 valence electrons. The molecule has 0 fully saturated rings. The Morgan fingerprint density at radius 3 is 1.78 bits per heavy atom. The highest BCUT2D eigenvalue weighted by atomic mass is 32.1. The number of rotatable bonds is 6. The zero-order chi connectivity index (χ0) is 38.2. The number of para-hydroxylation sites is 1. The first kappa shape index (κ1) is 32.8. The maximum absolute atomic E-state index is 7.07. The molecule has 0 saturated heterocycles. The molecule has 0 amide bonds. The van der Waals surface area contributed by atoms with Gasteiger partial charge in [-0.1, -0.05) is 133 Å². The molecule has 0 bridgehead atoms. The van der Waals surface area contributed by atoms with Crippen molar-refractivity contribution in [2.24, 2.45) is 0 Å². The number of thiophene rings is 1. The number of benzene rings is 9. The van der Waals surface area contributed by atoms with E-state index in [1.807, 2.05) is 23.5 Å². The second-order valence-electron chi connectivity index (χ2n) is 14.8. The molecular formula is C54H33NO2S. The van der Waals surface area contributed by atoms with Crippen LogP contribution in [0.5, 0.6) is 0 Å². The maximum Gasteiger partial charge on any atom is 0.145 e. The van der Waals surface area contributed by atoms with Gasteiger partial charge >= 0.3 is 0 Å². The fraction of sp³-hybridized carbons (Fsp3) is 0. The van der Waals surface area contributed by atoms with Crippen molar-refractivity contribution >= 4 is 92.4 Å². The Morgan fingerprint density at radius 1 is 0.345 bits per heavy atom. The van der Waals surface area contributed by atoms with Gasteiger partial charge in [-0.05, 0) is 88.5 Å². The second-order valence-corrected chi connectivity index (χ2v) is 15.9. The van der Waals surface area contributed by atoms with Crippen LogP contribution >= 0.6 is 11.3 Å². The lowest BCUT2D eigenvalue weighted by Gasteiger charge is -2.28. The van der Waals surface area contributed by atoms with E-state index in [1.54, 1.807) is 0 Å². The fourth-order valence-corrected chi connectivity index (χ4v) is 9.94. The highest BCUT2D eigenvalue weighted by Crippen LogP contribution is 2.51. The third-order valence-electron chi connectivity index (χ3n) is 11.5. The van der Waals surface area contributed by atoms with Gasteiger partial charge in [-0.2, -0.15) is 0 Å². The van der Waals surface area contributed by atoms with Crippen molar-refractivity contribution in [2.45, 2.75) is 0 Å². The molecule has 9 aromatic carbocycles. The normalized spacial score (nSPS) is 11.8. The molecule has 3 heterocycles. The Bertz CT molecular complexity index is 3510. The van der Waals surface area contributed by atoms with Crippen LogP contribution < -0.4 is 4.90 Å². The number of furan rings is 2. The van der Waals surface area contributed by atoms with Crippen molar-refractivity contribution in [1.82, 2.24) is 0 Å². The maximum atomic E-state index is 7.07. The third kappa shape index (κ3) is 5.19. The molecule has 0 spiro atoms. The minimum absolute atomic E-state index is 0.844. The van der Waals surface area contributed by atoms with Crippen LogP contribution in [0.15, 0.2) is 209 Å². The Kier molecular flexibility index (Phi) is 7.40. The summed E-state index contributed by atoms with van der Waals surface area (Å²) in [6, 6.07) is 71.4. The van der Waals surface area contributed by atoms with E-state index < -0.39 is 0 Å². The predicted octanol–water partition coefficient (Wildman–Crippen LogP) is 16.3. The summed E-state index contributed by atoms with van der Waals surface area (Å²) in [4.78, 5) is 2.44. The SMILES string of the molecule is c1ccc(-c2ccc3c(c2)oc2c(-c4ccccc4)ccc(N(c4ccc5c(c4)oc4ccccc45)c4cc(-c5ccccc5)cc5sc6ccccc6c45)c23)cc1. The average molecular weight is 760 g/mol. The summed E-state index contributed by atoms with van der Waals surface area (Å²) in [7, 11) is 0. The van der Waals surface area contributed by atoms with Crippen LogP contribution in [0.1, 0.15) is 0 Å². The highest BCUT2D eigenvalue weighted by Gasteiger charge is 2.26. The van der Waals surface area contributed by atoms with Gasteiger partial charge in [0.15, 0.2) is 0 Å². The largest absolute Gasteiger partial charge is 0.456 e. The van der Waals surface area contributed by atoms with Gasteiger partial charge < -0.3 is 13.7 Å². The Morgan fingerprint density at radius 2 is 0.983 bits per heavy atom. The van der Waals surface area contributed by atoms with E-state index in [-0.39, 0.29) is 0 Å². The summed E-state index contributed by atoms with van der Waals surface area (Å²) >= 11 is 1.84. The van der Waals surface area contributed by atoms with Crippen molar-refractivity contribution in [1.29, 1.82) is 0 Å². The van der Waals surface area contributed by atoms with Crippen molar-refractivity contribution in [3.8, 4) is 33.4 Å². The molecule has 4 heteroatoms. The summed E-state index contributed by atoms with van der Waals surface area (Å²) in [6.45, 7) is 0. The van der Waals surface area contributed by atoms with Crippen LogP contribution in [0, 0.1) is 0 Å². The second kappa shape index (κ2) is 13.1. The van der Waals surface area contributed by atoms with Gasteiger partial charge in [-0.25, -0.2) is 0 Å². The number of fused-ring (bicyclic) bond motifs is 9. The molecule has 0 aliphatic rings. The molecule has 0 unspecified atom stereocenters. The Labute approximate surface area is 338 Å². The summed E-state index contributed by atoms with van der Waals surface area (Å²) in [6.07, 6.45) is 0. The van der Waals surface area contributed by atoms with Gasteiger partial charge in [-0.15, -0.1) is 11.3 Å². The number of anilines is 3. The molecule has 58 heavy (non-hydrogen) atoms. The van der Waals surface area contributed by atoms with E-state index in [1.165, 1.54) is 25.7 Å². The Hall–Kier alpha value is -7.40. The molecule has 12 aromatic rings. The summed E-state index contributed by atoms with van der Waals surface area (Å²) < 4.78 is 16.1. The fourth-order valence-electron chi connectivity index (χ4n) is 8.77. The van der Waals surface area contributed by atoms with Crippen LogP contribution in [-0.4, -0.2) is 0 Å². The van der Waals surface area contributed by atoms with Crippen molar-refractivity contribution in [3.63, 3.8) is 0 Å². The summed E-state index contributed by atoms with van der Waals surface area (Å²) in [5.74, 6) is 0. The third-order valence-corrected chi connectivity index (χ3v) is 12.6. The van der Waals surface area contributed by atoms with Crippen LogP contribution in [0.2, 0.25) is 0 Å². The highest BCUT2D eigenvalue weighted by molar-refractivity contribution is 7.26. The van der Waals surface area contributed by atoms with E-state index in [0.29, 0.717) is 0 Å². The van der Waals surface area contributed by atoms with Gasteiger partial charge in [0.2, 0.25) is 0 Å². The van der Waals surface area contributed by atoms with Crippen LogP contribution in [-0.2, 0) is 0 Å². The molecule has 0 aliphatic carbocycles. The number of nitrogens with zero attached hydrogens (tertiary/aromatic N) is 1. The van der Waals surface area contributed by atoms with E-state index in [4.69, 9.17) is 8.83 Å². The lowest BCUT2D eigenvalue weighted by molar-refractivity contribution is 0.669. The van der Waals surface area contributed by atoms with Gasteiger partial charge in [0.05, 0.1) is 16.8 Å². The quantitative estimate of drug-likeness (QED) is 0.169. The van der Waals surface area contributed by atoms with Crippen LogP contribution in [0.4, 0.5) is 17.1 Å². The van der Waals surface area contributed by atoms with Crippen molar-refractivity contribution < 1.29 is 8.83 Å². The molecule has 12 rings (SSSR count). The molecule has 3 aromatic heterocycles. The minimum Gasteiger partial charge on any atom is -0.456 e. The molecule has 0 atom stereocenters. The molecular weight excluding hydrogens is 727 g/mol. The zero-order valence-corrected chi connectivity index (χ0v) is 32.0. The number of hydrogen-bond acceptors (Lipinski definition) is 4. The molecule has 3 nitrogen and oxygen atoms in total. The molecule has 0 radical (unpaired) electrons. The van der Waals surface area contributed by atoms with Crippen molar-refractivity contribution in [3.05, 3.63) is 200 Å². The standard InChI is InChI=1S/C54H33NO2S/c1-4-14-34(15-5-1)37-24-26-43-48(31-37)57-54-40(36-18-8-3-9-19-36)28-29-45(53(43)54)55(39-25-27-42-41-20-10-12-22-47(41)56-49(42)33-39)46-30-38(35-16-6-2-7-17-35)32-51-52(46)44-21-11-13-23-50(44)58-51/h1-33H. The van der Waals surface area contributed by atoms with E-state index in [0.717, 1.165) is 88.8 Å². The summed E-state index contributed by atoms with van der Waals surface area (Å²) in [5.41, 5.74) is 13.3. The first-order valence-electron chi connectivity index (χ1n) is 19.6. The van der Waals surface area contributed by atoms with Crippen LogP contribution in [0.3, 0.4) is 0 Å². The molecule has 0 saturated carbocycles. The van der Waals surface area contributed by atoms with E-state index in [2.05, 4.69) is 193 Å². The van der Waals surface area contributed by atoms with Crippen LogP contribution in [0.25, 0.3) is 97.4 Å². The number of hydrogen-bond donors (Lipinski definition) is 0. The Balaban J connectivity index is 1.21. The average Bonchev–Trinajstić information content (AvgIpc) is 3.98.